The van der Waals surface area contributed by atoms with Crippen LogP contribution >= 0.6 is 15.9 Å². The summed E-state index contributed by atoms with van der Waals surface area (Å²) in [6.07, 6.45) is 3.56. The van der Waals surface area contributed by atoms with Crippen LogP contribution in [0.5, 0.6) is 0 Å². The predicted octanol–water partition coefficient (Wildman–Crippen LogP) is 2.57. The van der Waals surface area contributed by atoms with Crippen LogP contribution < -0.4 is 5.32 Å². The van der Waals surface area contributed by atoms with Crippen molar-refractivity contribution in [2.75, 3.05) is 19.6 Å². The van der Waals surface area contributed by atoms with Crippen LogP contribution in [0.1, 0.15) is 31.9 Å². The number of halogens is 1. The smallest absolute Gasteiger partial charge is 0.247 e. The molecule has 1 aromatic rings. The molecule has 1 aromatic heterocycles. The molecule has 0 spiro atoms. The maximum absolute atomic E-state index is 12.8. The van der Waals surface area contributed by atoms with Crippen LogP contribution in [0, 0.1) is 11.8 Å². The second-order valence-corrected chi connectivity index (χ2v) is 8.53. The first-order chi connectivity index (χ1) is 10.0. The molecule has 0 radical (unpaired) electrons. The van der Waals surface area contributed by atoms with Crippen molar-refractivity contribution in [3.8, 4) is 0 Å². The Hall–Kier alpha value is -0.370. The molecule has 0 bridgehead atoms. The summed E-state index contributed by atoms with van der Waals surface area (Å²) >= 11 is 3.25. The molecule has 5 nitrogen and oxygen atoms in total. The molecule has 118 valence electrons. The predicted molar refractivity (Wildman–Crippen MR) is 83.4 cm³/mol. The van der Waals surface area contributed by atoms with Gasteiger partial charge in [-0.2, -0.15) is 4.31 Å². The maximum Gasteiger partial charge on any atom is 0.247 e. The second kappa shape index (κ2) is 6.02. The van der Waals surface area contributed by atoms with E-state index in [-0.39, 0.29) is 4.90 Å². The minimum absolute atomic E-state index is 0.260. The Balaban J connectivity index is 1.80. The van der Waals surface area contributed by atoms with E-state index in [2.05, 4.69) is 21.2 Å². The van der Waals surface area contributed by atoms with Gasteiger partial charge in [0, 0.05) is 19.2 Å². The van der Waals surface area contributed by atoms with Gasteiger partial charge in [0.1, 0.15) is 10.7 Å². The van der Waals surface area contributed by atoms with Crippen LogP contribution in [0.3, 0.4) is 0 Å². The van der Waals surface area contributed by atoms with Crippen LogP contribution in [0.4, 0.5) is 0 Å². The van der Waals surface area contributed by atoms with Gasteiger partial charge in [0.05, 0.1) is 6.54 Å². The van der Waals surface area contributed by atoms with Gasteiger partial charge >= 0.3 is 0 Å². The largest absolute Gasteiger partial charge is 0.452 e. The van der Waals surface area contributed by atoms with Crippen molar-refractivity contribution in [1.29, 1.82) is 0 Å². The van der Waals surface area contributed by atoms with E-state index < -0.39 is 10.0 Å². The van der Waals surface area contributed by atoms with Crippen LogP contribution in [0.2, 0.25) is 0 Å². The van der Waals surface area contributed by atoms with E-state index >= 15 is 0 Å². The first-order valence-electron chi connectivity index (χ1n) is 7.51. The molecule has 2 heterocycles. The number of sulfonamides is 1. The molecule has 3 rings (SSSR count). The zero-order valence-electron chi connectivity index (χ0n) is 12.1. The van der Waals surface area contributed by atoms with Crippen molar-refractivity contribution >= 4 is 26.0 Å². The summed E-state index contributed by atoms with van der Waals surface area (Å²) in [6, 6.07) is 1.64. The molecular formula is C14H21BrN2O3S. The molecule has 1 N–H and O–H groups in total. The highest BCUT2D eigenvalue weighted by Gasteiger charge is 2.42. The van der Waals surface area contributed by atoms with E-state index in [1.807, 2.05) is 6.92 Å². The molecular weight excluding hydrogens is 356 g/mol. The van der Waals surface area contributed by atoms with E-state index in [1.165, 1.54) is 6.42 Å². The SMILES string of the molecule is CCNCc1cc(S(=O)(=O)N2CC3CCCC3C2)c(Br)o1. The van der Waals surface area contributed by atoms with Gasteiger partial charge in [-0.1, -0.05) is 13.3 Å². The third-order valence-corrected chi connectivity index (χ3v) is 7.25. The third kappa shape index (κ3) is 2.93. The first-order valence-corrected chi connectivity index (χ1v) is 9.74. The molecule has 7 heteroatoms. The highest BCUT2D eigenvalue weighted by molar-refractivity contribution is 9.10. The quantitative estimate of drug-likeness (QED) is 0.857. The number of furan rings is 1. The molecule has 2 fully saturated rings. The van der Waals surface area contributed by atoms with E-state index in [1.54, 1.807) is 10.4 Å². The minimum atomic E-state index is -3.45. The Kier molecular flexibility index (Phi) is 4.45. The van der Waals surface area contributed by atoms with Crippen LogP contribution in [-0.2, 0) is 16.6 Å². The normalized spacial score (nSPS) is 26.4. The molecule has 2 atom stereocenters. The summed E-state index contributed by atoms with van der Waals surface area (Å²) in [5.41, 5.74) is 0. The molecule has 2 aliphatic rings. The molecule has 1 saturated carbocycles. The average Bonchev–Trinajstić information content (AvgIpc) is 3.09. The van der Waals surface area contributed by atoms with Gasteiger partial charge in [-0.25, -0.2) is 8.42 Å². The summed E-state index contributed by atoms with van der Waals surface area (Å²) in [5, 5.41) is 3.14. The molecule has 2 unspecified atom stereocenters. The van der Waals surface area contributed by atoms with Crippen molar-refractivity contribution in [3.63, 3.8) is 0 Å². The topological polar surface area (TPSA) is 62.6 Å². The van der Waals surface area contributed by atoms with Crippen LogP contribution in [-0.4, -0.2) is 32.4 Å². The number of nitrogens with zero attached hydrogens (tertiary/aromatic N) is 1. The fraction of sp³-hybridized carbons (Fsp3) is 0.714. The molecule has 0 amide bonds. The Morgan fingerprint density at radius 1 is 1.38 bits per heavy atom. The Morgan fingerprint density at radius 2 is 2.05 bits per heavy atom. The number of fused-ring (bicyclic) bond motifs is 1. The number of hydrogen-bond acceptors (Lipinski definition) is 4. The number of nitrogens with one attached hydrogen (secondary N) is 1. The average molecular weight is 377 g/mol. The van der Waals surface area contributed by atoms with Gasteiger partial charge in [-0.05, 0) is 47.2 Å². The molecule has 1 aliphatic heterocycles. The lowest BCUT2D eigenvalue weighted by molar-refractivity contribution is 0.439. The second-order valence-electron chi connectivity index (χ2n) is 5.90. The summed E-state index contributed by atoms with van der Waals surface area (Å²) in [6.45, 7) is 4.67. The fourth-order valence-corrected chi connectivity index (χ4v) is 5.95. The van der Waals surface area contributed by atoms with Gasteiger partial charge < -0.3 is 9.73 Å². The van der Waals surface area contributed by atoms with E-state index in [0.717, 1.165) is 19.4 Å². The van der Waals surface area contributed by atoms with Crippen molar-refractivity contribution in [2.24, 2.45) is 11.8 Å². The van der Waals surface area contributed by atoms with Gasteiger partial charge in [0.15, 0.2) is 4.67 Å². The van der Waals surface area contributed by atoms with Crippen molar-refractivity contribution < 1.29 is 12.8 Å². The number of rotatable bonds is 5. The summed E-state index contributed by atoms with van der Waals surface area (Å²) in [4.78, 5) is 0.260. The molecule has 0 aromatic carbocycles. The maximum atomic E-state index is 12.8. The van der Waals surface area contributed by atoms with E-state index in [9.17, 15) is 8.42 Å². The monoisotopic (exact) mass is 376 g/mol. The van der Waals surface area contributed by atoms with Crippen molar-refractivity contribution in [3.05, 3.63) is 16.5 Å². The highest BCUT2D eigenvalue weighted by atomic mass is 79.9. The zero-order valence-corrected chi connectivity index (χ0v) is 14.5. The zero-order chi connectivity index (χ0) is 15.0. The Morgan fingerprint density at radius 3 is 2.67 bits per heavy atom. The van der Waals surface area contributed by atoms with Crippen molar-refractivity contribution in [2.45, 2.75) is 37.6 Å². The van der Waals surface area contributed by atoms with Crippen LogP contribution in [0.25, 0.3) is 0 Å². The Bertz CT molecular complexity index is 602. The van der Waals surface area contributed by atoms with Gasteiger partial charge in [0.25, 0.3) is 0 Å². The number of hydrogen-bond donors (Lipinski definition) is 1. The summed E-state index contributed by atoms with van der Waals surface area (Å²) in [5.74, 6) is 1.74. The van der Waals surface area contributed by atoms with Gasteiger partial charge in [0.2, 0.25) is 10.0 Å². The van der Waals surface area contributed by atoms with Crippen LogP contribution in [0.15, 0.2) is 20.0 Å². The summed E-state index contributed by atoms with van der Waals surface area (Å²) in [7, 11) is -3.45. The lowest BCUT2D eigenvalue weighted by atomic mass is 10.0. The lowest BCUT2D eigenvalue weighted by Crippen LogP contribution is -2.29. The van der Waals surface area contributed by atoms with E-state index in [0.29, 0.717) is 41.9 Å². The van der Waals surface area contributed by atoms with E-state index in [4.69, 9.17) is 4.42 Å². The van der Waals surface area contributed by atoms with Gasteiger partial charge in [-0.15, -0.1) is 0 Å². The standard InChI is InChI=1S/C14H21BrN2O3S/c1-2-16-7-12-6-13(14(15)20-12)21(18,19)17-8-10-4-3-5-11(10)9-17/h6,10-11,16H,2-5,7-9H2,1H3. The van der Waals surface area contributed by atoms with Crippen molar-refractivity contribution in [1.82, 2.24) is 9.62 Å². The molecule has 1 aliphatic carbocycles. The summed E-state index contributed by atoms with van der Waals surface area (Å²) < 4.78 is 33.0. The molecule has 21 heavy (non-hydrogen) atoms. The van der Waals surface area contributed by atoms with Gasteiger partial charge in [-0.3, -0.25) is 0 Å². The third-order valence-electron chi connectivity index (χ3n) is 4.57. The first kappa shape index (κ1) is 15.5. The molecule has 1 saturated heterocycles. The highest BCUT2D eigenvalue weighted by Crippen LogP contribution is 2.40. The lowest BCUT2D eigenvalue weighted by Gasteiger charge is -2.16. The minimum Gasteiger partial charge on any atom is -0.452 e. The Labute approximate surface area is 134 Å². The fourth-order valence-electron chi connectivity index (χ4n) is 3.44.